The Hall–Kier alpha value is -2.18. The van der Waals surface area contributed by atoms with Crippen molar-refractivity contribution < 1.29 is 9.59 Å². The van der Waals surface area contributed by atoms with Crippen molar-refractivity contribution in [1.29, 1.82) is 0 Å². The molecule has 1 aliphatic heterocycles. The van der Waals surface area contributed by atoms with E-state index in [1.807, 2.05) is 18.7 Å². The van der Waals surface area contributed by atoms with Crippen LogP contribution in [0.1, 0.15) is 26.7 Å². The molecule has 0 bridgehead atoms. The highest BCUT2D eigenvalue weighted by Gasteiger charge is 2.30. The largest absolute Gasteiger partial charge is 0.342 e. The van der Waals surface area contributed by atoms with Crippen molar-refractivity contribution in [2.24, 2.45) is 5.92 Å². The summed E-state index contributed by atoms with van der Waals surface area (Å²) in [5.74, 6) is 0.569. The number of rotatable bonds is 6. The first-order chi connectivity index (χ1) is 11.6. The lowest BCUT2D eigenvalue weighted by atomic mass is 9.97. The minimum Gasteiger partial charge on any atom is -0.342 e. The van der Waals surface area contributed by atoms with E-state index in [0.717, 1.165) is 19.4 Å². The molecule has 0 N–H and O–H groups in total. The van der Waals surface area contributed by atoms with Crippen molar-refractivity contribution in [2.75, 3.05) is 44.7 Å². The SMILES string of the molecule is CCN(CC)C(=O)CN(C)C(=O)C1CCCN(c2ncccn2)C1. The van der Waals surface area contributed by atoms with Gasteiger partial charge in [0.05, 0.1) is 12.5 Å². The first-order valence-electron chi connectivity index (χ1n) is 8.61. The van der Waals surface area contributed by atoms with Gasteiger partial charge in [-0.3, -0.25) is 9.59 Å². The van der Waals surface area contributed by atoms with E-state index in [1.54, 1.807) is 35.3 Å². The van der Waals surface area contributed by atoms with Gasteiger partial charge in [0.15, 0.2) is 0 Å². The quantitative estimate of drug-likeness (QED) is 0.777. The van der Waals surface area contributed by atoms with E-state index in [2.05, 4.69) is 9.97 Å². The number of carbonyl (C=O) groups excluding carboxylic acids is 2. The summed E-state index contributed by atoms with van der Waals surface area (Å²) in [4.78, 5) is 38.8. The number of likely N-dealkylation sites (N-methyl/N-ethyl adjacent to an activating group) is 2. The zero-order chi connectivity index (χ0) is 17.5. The molecule has 24 heavy (non-hydrogen) atoms. The van der Waals surface area contributed by atoms with Crippen LogP contribution in [0.15, 0.2) is 18.5 Å². The van der Waals surface area contributed by atoms with Crippen LogP contribution >= 0.6 is 0 Å². The topological polar surface area (TPSA) is 69.6 Å². The molecule has 7 nitrogen and oxygen atoms in total. The Morgan fingerprint density at radius 3 is 2.54 bits per heavy atom. The minimum absolute atomic E-state index is 0.00471. The van der Waals surface area contributed by atoms with Crippen LogP contribution in [0.25, 0.3) is 0 Å². The summed E-state index contributed by atoms with van der Waals surface area (Å²) in [6.07, 6.45) is 5.18. The fourth-order valence-corrected chi connectivity index (χ4v) is 3.08. The van der Waals surface area contributed by atoms with Gasteiger partial charge in [0.25, 0.3) is 0 Å². The number of hydrogen-bond acceptors (Lipinski definition) is 5. The second-order valence-corrected chi connectivity index (χ2v) is 6.09. The molecule has 0 spiro atoms. The van der Waals surface area contributed by atoms with Crippen LogP contribution in [0.5, 0.6) is 0 Å². The van der Waals surface area contributed by atoms with Gasteiger partial charge in [0.1, 0.15) is 0 Å². The molecule has 1 fully saturated rings. The lowest BCUT2D eigenvalue weighted by Gasteiger charge is -2.34. The van der Waals surface area contributed by atoms with Crippen LogP contribution in [-0.2, 0) is 9.59 Å². The van der Waals surface area contributed by atoms with E-state index >= 15 is 0 Å². The van der Waals surface area contributed by atoms with Gasteiger partial charge >= 0.3 is 0 Å². The molecule has 0 aromatic carbocycles. The van der Waals surface area contributed by atoms with Crippen LogP contribution in [0.4, 0.5) is 5.95 Å². The summed E-state index contributed by atoms with van der Waals surface area (Å²) in [5.41, 5.74) is 0. The average molecular weight is 333 g/mol. The highest BCUT2D eigenvalue weighted by Crippen LogP contribution is 2.21. The molecule has 7 heteroatoms. The fraction of sp³-hybridized carbons (Fsp3) is 0.647. The molecule has 1 atom stereocenters. The zero-order valence-electron chi connectivity index (χ0n) is 14.8. The van der Waals surface area contributed by atoms with Crippen LogP contribution < -0.4 is 4.90 Å². The maximum absolute atomic E-state index is 12.7. The molecule has 1 aliphatic rings. The predicted octanol–water partition coefficient (Wildman–Crippen LogP) is 1.02. The lowest BCUT2D eigenvalue weighted by Crippen LogP contribution is -2.47. The summed E-state index contributed by atoms with van der Waals surface area (Å²) in [6, 6.07) is 1.78. The number of aromatic nitrogens is 2. The second-order valence-electron chi connectivity index (χ2n) is 6.09. The zero-order valence-corrected chi connectivity index (χ0v) is 14.8. The van der Waals surface area contributed by atoms with E-state index in [4.69, 9.17) is 0 Å². The maximum atomic E-state index is 12.7. The van der Waals surface area contributed by atoms with Gasteiger partial charge in [0, 0.05) is 45.6 Å². The fourth-order valence-electron chi connectivity index (χ4n) is 3.08. The Morgan fingerprint density at radius 1 is 1.25 bits per heavy atom. The number of nitrogens with zero attached hydrogens (tertiary/aromatic N) is 5. The van der Waals surface area contributed by atoms with Gasteiger partial charge < -0.3 is 14.7 Å². The smallest absolute Gasteiger partial charge is 0.242 e. The molecule has 2 heterocycles. The van der Waals surface area contributed by atoms with E-state index in [0.29, 0.717) is 25.6 Å². The molecule has 2 rings (SSSR count). The summed E-state index contributed by atoms with van der Waals surface area (Å²) in [5, 5.41) is 0. The van der Waals surface area contributed by atoms with Gasteiger partial charge in [-0.15, -0.1) is 0 Å². The van der Waals surface area contributed by atoms with Crippen molar-refractivity contribution in [3.8, 4) is 0 Å². The third-order valence-electron chi connectivity index (χ3n) is 4.47. The normalized spacial score (nSPS) is 17.5. The number of hydrogen-bond donors (Lipinski definition) is 0. The van der Waals surface area contributed by atoms with Crippen LogP contribution in [0, 0.1) is 5.92 Å². The highest BCUT2D eigenvalue weighted by atomic mass is 16.2. The first-order valence-corrected chi connectivity index (χ1v) is 8.61. The molecule has 2 amide bonds. The van der Waals surface area contributed by atoms with E-state index in [9.17, 15) is 9.59 Å². The highest BCUT2D eigenvalue weighted by molar-refractivity contribution is 5.86. The summed E-state index contributed by atoms with van der Waals surface area (Å²) >= 11 is 0. The molecular formula is C17H27N5O2. The Bertz CT molecular complexity index is 547. The van der Waals surface area contributed by atoms with Crippen molar-refractivity contribution in [1.82, 2.24) is 19.8 Å². The Balaban J connectivity index is 1.95. The molecular weight excluding hydrogens is 306 g/mol. The number of piperidine rings is 1. The molecule has 0 saturated carbocycles. The van der Waals surface area contributed by atoms with Gasteiger partial charge in [-0.1, -0.05) is 0 Å². The Morgan fingerprint density at radius 2 is 1.92 bits per heavy atom. The van der Waals surface area contributed by atoms with Gasteiger partial charge in [-0.25, -0.2) is 9.97 Å². The first kappa shape index (κ1) is 18.2. The molecule has 1 aromatic heterocycles. The Kier molecular flexibility index (Phi) is 6.52. The van der Waals surface area contributed by atoms with Crippen LogP contribution in [0.2, 0.25) is 0 Å². The molecule has 132 valence electrons. The average Bonchev–Trinajstić information content (AvgIpc) is 2.63. The number of anilines is 1. The summed E-state index contributed by atoms with van der Waals surface area (Å²) in [6.45, 7) is 6.82. The second kappa shape index (κ2) is 8.61. The summed E-state index contributed by atoms with van der Waals surface area (Å²) < 4.78 is 0. The van der Waals surface area contributed by atoms with Crippen molar-refractivity contribution in [3.63, 3.8) is 0 Å². The van der Waals surface area contributed by atoms with E-state index in [-0.39, 0.29) is 24.3 Å². The maximum Gasteiger partial charge on any atom is 0.242 e. The molecule has 0 aliphatic carbocycles. The van der Waals surface area contributed by atoms with Gasteiger partial charge in [-0.05, 0) is 32.8 Å². The van der Waals surface area contributed by atoms with Crippen molar-refractivity contribution >= 4 is 17.8 Å². The van der Waals surface area contributed by atoms with E-state index in [1.165, 1.54) is 0 Å². The Labute approximate surface area is 143 Å². The standard InChI is InChI=1S/C17H27N5O2/c1-4-21(5-2)15(23)13-20(3)16(24)14-8-6-11-22(12-14)17-18-9-7-10-19-17/h7,9-10,14H,4-6,8,11-13H2,1-3H3. The monoisotopic (exact) mass is 333 g/mol. The molecule has 1 aromatic rings. The molecule has 1 unspecified atom stereocenters. The van der Waals surface area contributed by atoms with Crippen LogP contribution in [0.3, 0.4) is 0 Å². The number of carbonyl (C=O) groups is 2. The van der Waals surface area contributed by atoms with E-state index < -0.39 is 0 Å². The lowest BCUT2D eigenvalue weighted by molar-refractivity contribution is -0.141. The van der Waals surface area contributed by atoms with Gasteiger partial charge in [-0.2, -0.15) is 0 Å². The van der Waals surface area contributed by atoms with Crippen molar-refractivity contribution in [3.05, 3.63) is 18.5 Å². The minimum atomic E-state index is -0.114. The third-order valence-corrected chi connectivity index (χ3v) is 4.47. The number of amides is 2. The van der Waals surface area contributed by atoms with Crippen molar-refractivity contribution in [2.45, 2.75) is 26.7 Å². The van der Waals surface area contributed by atoms with Gasteiger partial charge in [0.2, 0.25) is 17.8 Å². The predicted molar refractivity (Wildman–Crippen MR) is 92.5 cm³/mol. The molecule has 0 radical (unpaired) electrons. The third kappa shape index (κ3) is 4.43. The van der Waals surface area contributed by atoms with Crippen LogP contribution in [-0.4, -0.2) is 71.4 Å². The summed E-state index contributed by atoms with van der Waals surface area (Å²) in [7, 11) is 1.71. The molecule has 1 saturated heterocycles.